The molecule has 5 nitrogen and oxygen atoms in total. The second-order valence-electron chi connectivity index (χ2n) is 6.66. The van der Waals surface area contributed by atoms with Gasteiger partial charge in [0.05, 0.1) is 18.4 Å². The summed E-state index contributed by atoms with van der Waals surface area (Å²) in [5.74, 6) is 1.31. The maximum Gasteiger partial charge on any atom is 0.178 e. The number of rotatable bonds is 8. The van der Waals surface area contributed by atoms with Crippen LogP contribution in [-0.4, -0.2) is 35.1 Å². The van der Waals surface area contributed by atoms with Crippen LogP contribution in [0, 0.1) is 0 Å². The van der Waals surface area contributed by atoms with Gasteiger partial charge in [-0.2, -0.15) is 0 Å². The Bertz CT molecular complexity index is 931. The minimum Gasteiger partial charge on any atom is -0.491 e. The van der Waals surface area contributed by atoms with E-state index < -0.39 is 0 Å². The number of nitrogens with zero attached hydrogens (tertiary/aromatic N) is 1. The lowest BCUT2D eigenvalue weighted by Gasteiger charge is -2.09. The van der Waals surface area contributed by atoms with Gasteiger partial charge in [-0.3, -0.25) is 4.79 Å². The Kier molecular flexibility index (Phi) is 6.49. The van der Waals surface area contributed by atoms with Crippen molar-refractivity contribution >= 4 is 17.4 Å². The van der Waals surface area contributed by atoms with E-state index >= 15 is 0 Å². The normalized spacial score (nSPS) is 11.0. The predicted octanol–water partition coefficient (Wildman–Crippen LogP) is 5.40. The van der Waals surface area contributed by atoms with Crippen LogP contribution in [0.2, 0.25) is 5.02 Å². The van der Waals surface area contributed by atoms with Crippen LogP contribution in [-0.2, 0) is 4.74 Å². The second-order valence-corrected chi connectivity index (χ2v) is 7.10. The molecule has 0 unspecified atom stereocenters. The molecule has 3 rings (SSSR count). The van der Waals surface area contributed by atoms with Crippen LogP contribution in [0.4, 0.5) is 0 Å². The maximum atomic E-state index is 12.1. The molecule has 0 saturated heterocycles. The SMILES string of the molecule is CC(=O)c1[nH]c(-c2ccc(OCCOC(C)C)cc2)nc1-c1ccc(Cl)cc1. The topological polar surface area (TPSA) is 64.2 Å². The molecule has 0 aliphatic carbocycles. The molecule has 6 heteroatoms. The highest BCUT2D eigenvalue weighted by atomic mass is 35.5. The van der Waals surface area contributed by atoms with Crippen LogP contribution in [0.3, 0.4) is 0 Å². The minimum atomic E-state index is -0.0752. The number of H-pyrrole nitrogens is 1. The number of aromatic amines is 1. The van der Waals surface area contributed by atoms with Gasteiger partial charge in [-0.05, 0) is 50.2 Å². The van der Waals surface area contributed by atoms with Crippen LogP contribution in [0.25, 0.3) is 22.6 Å². The molecular weight excluding hydrogens is 376 g/mol. The third kappa shape index (κ3) is 5.00. The standard InChI is InChI=1S/C22H23ClN2O3/c1-14(2)27-12-13-28-19-10-6-17(7-11-19)22-24-20(15(3)26)21(25-22)16-4-8-18(23)9-5-16/h4-11,14H,12-13H2,1-3H3,(H,24,25). The quantitative estimate of drug-likeness (QED) is 0.407. The van der Waals surface area contributed by atoms with Gasteiger partial charge >= 0.3 is 0 Å². The van der Waals surface area contributed by atoms with E-state index in [0.29, 0.717) is 35.4 Å². The van der Waals surface area contributed by atoms with Crippen molar-refractivity contribution in [3.63, 3.8) is 0 Å². The smallest absolute Gasteiger partial charge is 0.178 e. The van der Waals surface area contributed by atoms with E-state index in [0.717, 1.165) is 16.9 Å². The summed E-state index contributed by atoms with van der Waals surface area (Å²) in [5.41, 5.74) is 2.80. The average molecular weight is 399 g/mol. The summed E-state index contributed by atoms with van der Waals surface area (Å²) in [7, 11) is 0. The van der Waals surface area contributed by atoms with E-state index in [1.54, 1.807) is 12.1 Å². The molecule has 1 aromatic heterocycles. The lowest BCUT2D eigenvalue weighted by molar-refractivity contribution is 0.0553. The lowest BCUT2D eigenvalue weighted by atomic mass is 10.1. The molecule has 1 heterocycles. The number of ether oxygens (including phenoxy) is 2. The van der Waals surface area contributed by atoms with Crippen molar-refractivity contribution < 1.29 is 14.3 Å². The van der Waals surface area contributed by atoms with Crippen molar-refractivity contribution in [3.8, 4) is 28.4 Å². The third-order valence-electron chi connectivity index (χ3n) is 4.10. The van der Waals surface area contributed by atoms with Crippen molar-refractivity contribution in [2.75, 3.05) is 13.2 Å². The molecule has 0 aliphatic rings. The van der Waals surface area contributed by atoms with Crippen LogP contribution in [0.5, 0.6) is 5.75 Å². The first-order valence-electron chi connectivity index (χ1n) is 9.15. The van der Waals surface area contributed by atoms with Crippen LogP contribution in [0.15, 0.2) is 48.5 Å². The molecule has 0 bridgehead atoms. The number of carbonyl (C=O) groups is 1. The molecule has 0 fully saturated rings. The fraction of sp³-hybridized carbons (Fsp3) is 0.273. The number of aromatic nitrogens is 2. The van der Waals surface area contributed by atoms with Gasteiger partial charge in [0.15, 0.2) is 5.78 Å². The van der Waals surface area contributed by atoms with Crippen LogP contribution >= 0.6 is 11.6 Å². The first-order chi connectivity index (χ1) is 13.4. The number of benzene rings is 2. The van der Waals surface area contributed by atoms with E-state index in [-0.39, 0.29) is 11.9 Å². The van der Waals surface area contributed by atoms with Gasteiger partial charge < -0.3 is 14.5 Å². The number of hydrogen-bond acceptors (Lipinski definition) is 4. The first-order valence-corrected chi connectivity index (χ1v) is 9.53. The molecule has 146 valence electrons. The van der Waals surface area contributed by atoms with Crippen molar-refractivity contribution in [2.45, 2.75) is 26.9 Å². The van der Waals surface area contributed by atoms with Crippen molar-refractivity contribution in [1.29, 1.82) is 0 Å². The third-order valence-corrected chi connectivity index (χ3v) is 4.36. The Morgan fingerprint density at radius 3 is 2.29 bits per heavy atom. The largest absolute Gasteiger partial charge is 0.491 e. The Labute approximate surface area is 169 Å². The minimum absolute atomic E-state index is 0.0752. The van der Waals surface area contributed by atoms with Crippen molar-refractivity contribution in [2.24, 2.45) is 0 Å². The molecule has 0 radical (unpaired) electrons. The van der Waals surface area contributed by atoms with Gasteiger partial charge in [0, 0.05) is 23.1 Å². The van der Waals surface area contributed by atoms with Crippen LogP contribution in [0.1, 0.15) is 31.3 Å². The monoisotopic (exact) mass is 398 g/mol. The Morgan fingerprint density at radius 1 is 1.04 bits per heavy atom. The van der Waals surface area contributed by atoms with E-state index in [4.69, 9.17) is 21.1 Å². The van der Waals surface area contributed by atoms with E-state index in [1.165, 1.54) is 6.92 Å². The highest BCUT2D eigenvalue weighted by Gasteiger charge is 2.16. The molecule has 0 aliphatic heterocycles. The molecule has 28 heavy (non-hydrogen) atoms. The molecule has 3 aromatic rings. The summed E-state index contributed by atoms with van der Waals surface area (Å²) in [6.45, 7) is 6.54. The van der Waals surface area contributed by atoms with Gasteiger partial charge in [-0.25, -0.2) is 4.98 Å². The first kappa shape index (κ1) is 20.1. The number of nitrogens with one attached hydrogen (secondary N) is 1. The molecule has 0 saturated carbocycles. The number of halogens is 1. The van der Waals surface area contributed by atoms with Crippen molar-refractivity contribution in [3.05, 3.63) is 59.2 Å². The van der Waals surface area contributed by atoms with Gasteiger partial charge in [0.25, 0.3) is 0 Å². The predicted molar refractivity (Wildman–Crippen MR) is 111 cm³/mol. The molecule has 2 aromatic carbocycles. The van der Waals surface area contributed by atoms with Gasteiger partial charge in [0.2, 0.25) is 0 Å². The zero-order chi connectivity index (χ0) is 20.1. The highest BCUT2D eigenvalue weighted by Crippen LogP contribution is 2.28. The summed E-state index contributed by atoms with van der Waals surface area (Å²) in [6.07, 6.45) is 0.190. The van der Waals surface area contributed by atoms with Gasteiger partial charge in [0.1, 0.15) is 23.9 Å². The van der Waals surface area contributed by atoms with Crippen LogP contribution < -0.4 is 4.74 Å². The van der Waals surface area contributed by atoms with E-state index in [9.17, 15) is 4.79 Å². The maximum absolute atomic E-state index is 12.1. The van der Waals surface area contributed by atoms with Gasteiger partial charge in [-0.1, -0.05) is 23.7 Å². The molecular formula is C22H23ClN2O3. The number of hydrogen-bond donors (Lipinski definition) is 1. The number of Topliss-reactive ketones (excluding diaryl/α,β-unsaturated/α-hetero) is 1. The number of imidazole rings is 1. The molecule has 1 N–H and O–H groups in total. The molecule has 0 amide bonds. The summed E-state index contributed by atoms with van der Waals surface area (Å²) in [5, 5.41) is 0.637. The highest BCUT2D eigenvalue weighted by molar-refractivity contribution is 6.30. The van der Waals surface area contributed by atoms with E-state index in [1.807, 2.05) is 50.2 Å². The van der Waals surface area contributed by atoms with Crippen molar-refractivity contribution in [1.82, 2.24) is 9.97 Å². The number of ketones is 1. The fourth-order valence-corrected chi connectivity index (χ4v) is 2.86. The zero-order valence-corrected chi connectivity index (χ0v) is 16.9. The second kappa shape index (κ2) is 9.04. The summed E-state index contributed by atoms with van der Waals surface area (Å²) in [4.78, 5) is 19.9. The summed E-state index contributed by atoms with van der Waals surface area (Å²) in [6, 6.07) is 14.8. The van der Waals surface area contributed by atoms with E-state index in [2.05, 4.69) is 9.97 Å². The molecule has 0 atom stereocenters. The average Bonchev–Trinajstić information content (AvgIpc) is 3.12. The Morgan fingerprint density at radius 2 is 1.68 bits per heavy atom. The summed E-state index contributed by atoms with van der Waals surface area (Å²) >= 11 is 5.96. The number of carbonyl (C=O) groups excluding carboxylic acids is 1. The lowest BCUT2D eigenvalue weighted by Crippen LogP contribution is -2.11. The fourth-order valence-electron chi connectivity index (χ4n) is 2.73. The van der Waals surface area contributed by atoms with Gasteiger partial charge in [-0.15, -0.1) is 0 Å². The molecule has 0 spiro atoms. The summed E-state index contributed by atoms with van der Waals surface area (Å²) < 4.78 is 11.1. The Balaban J connectivity index is 1.79. The zero-order valence-electron chi connectivity index (χ0n) is 16.2. The Hall–Kier alpha value is -2.63.